The van der Waals surface area contributed by atoms with Crippen molar-refractivity contribution in [2.45, 2.75) is 24.3 Å². The van der Waals surface area contributed by atoms with E-state index in [1.807, 2.05) is 0 Å². The van der Waals surface area contributed by atoms with Crippen molar-refractivity contribution in [3.63, 3.8) is 0 Å². The molecule has 0 spiro atoms. The van der Waals surface area contributed by atoms with E-state index in [0.717, 1.165) is 24.2 Å². The predicted octanol–water partition coefficient (Wildman–Crippen LogP) is 2.53. The first-order valence-corrected chi connectivity index (χ1v) is 11.5. The van der Waals surface area contributed by atoms with E-state index in [1.54, 1.807) is 18.2 Å². The molecule has 1 saturated heterocycles. The first-order valence-electron chi connectivity index (χ1n) is 8.89. The first-order chi connectivity index (χ1) is 13.8. The lowest BCUT2D eigenvalue weighted by Gasteiger charge is -2.15. The van der Waals surface area contributed by atoms with Crippen LogP contribution in [0.1, 0.15) is 12.8 Å². The minimum atomic E-state index is -3.57. The number of hydrogen-bond acceptors (Lipinski definition) is 6. The molecule has 2 aromatic heterocycles. The van der Waals surface area contributed by atoms with Gasteiger partial charge in [-0.2, -0.15) is 4.31 Å². The van der Waals surface area contributed by atoms with Gasteiger partial charge >= 0.3 is 4.87 Å². The van der Waals surface area contributed by atoms with E-state index >= 15 is 0 Å². The van der Waals surface area contributed by atoms with Crippen LogP contribution in [-0.4, -0.2) is 41.3 Å². The van der Waals surface area contributed by atoms with Crippen molar-refractivity contribution in [1.82, 2.24) is 13.9 Å². The van der Waals surface area contributed by atoms with Crippen molar-refractivity contribution in [1.29, 1.82) is 0 Å². The molecular weight excluding hydrogens is 436 g/mol. The molecule has 1 amide bonds. The highest BCUT2D eigenvalue weighted by Gasteiger charge is 2.27. The zero-order valence-corrected chi connectivity index (χ0v) is 17.6. The Morgan fingerprint density at radius 1 is 1.21 bits per heavy atom. The number of carbonyl (C=O) groups is 1. The molecule has 0 bridgehead atoms. The number of nitrogens with zero attached hydrogens (tertiary/aromatic N) is 3. The number of fused-ring (bicyclic) bond motifs is 1. The minimum absolute atomic E-state index is 0.162. The van der Waals surface area contributed by atoms with Gasteiger partial charge in [0.05, 0.1) is 20.1 Å². The van der Waals surface area contributed by atoms with Gasteiger partial charge in [-0.05, 0) is 43.2 Å². The Morgan fingerprint density at radius 2 is 1.97 bits per heavy atom. The molecule has 11 heteroatoms. The molecule has 152 valence electrons. The van der Waals surface area contributed by atoms with Gasteiger partial charge in [0.1, 0.15) is 12.4 Å². The lowest BCUT2D eigenvalue weighted by atomic mass is 10.3. The van der Waals surface area contributed by atoms with E-state index in [2.05, 4.69) is 10.3 Å². The molecule has 1 N–H and O–H groups in total. The molecule has 8 nitrogen and oxygen atoms in total. The van der Waals surface area contributed by atoms with E-state index in [-0.39, 0.29) is 16.3 Å². The number of nitrogens with one attached hydrogen (secondary N) is 1. The molecule has 1 fully saturated rings. The van der Waals surface area contributed by atoms with Gasteiger partial charge in [-0.15, -0.1) is 0 Å². The second-order valence-corrected chi connectivity index (χ2v) is 9.97. The number of hydrogen-bond donors (Lipinski definition) is 1. The fraction of sp³-hybridized carbons (Fsp3) is 0.278. The van der Waals surface area contributed by atoms with Crippen LogP contribution in [0.3, 0.4) is 0 Å². The van der Waals surface area contributed by atoms with Crippen molar-refractivity contribution < 1.29 is 13.2 Å². The Labute approximate surface area is 175 Å². The maximum Gasteiger partial charge on any atom is 0.308 e. The Kier molecular flexibility index (Phi) is 5.43. The Hall–Kier alpha value is -2.27. The number of carbonyl (C=O) groups excluding carboxylic acids is 1. The summed E-state index contributed by atoms with van der Waals surface area (Å²) in [5, 5.41) is 3.05. The molecule has 3 aromatic rings. The molecule has 1 aliphatic heterocycles. The smallest absolute Gasteiger partial charge is 0.308 e. The van der Waals surface area contributed by atoms with Crippen molar-refractivity contribution >= 4 is 54.9 Å². The maximum atomic E-state index is 12.7. The lowest BCUT2D eigenvalue weighted by molar-refractivity contribution is -0.116. The van der Waals surface area contributed by atoms with Crippen LogP contribution in [0.4, 0.5) is 5.82 Å². The zero-order valence-electron chi connectivity index (χ0n) is 15.2. The summed E-state index contributed by atoms with van der Waals surface area (Å²) in [6, 6.07) is 7.72. The molecule has 4 rings (SSSR count). The molecule has 0 radical (unpaired) electrons. The van der Waals surface area contributed by atoms with Crippen LogP contribution in [0.15, 0.2) is 46.2 Å². The zero-order chi connectivity index (χ0) is 20.6. The fourth-order valence-corrected chi connectivity index (χ4v) is 5.87. The highest BCUT2D eigenvalue weighted by atomic mass is 35.5. The summed E-state index contributed by atoms with van der Waals surface area (Å²) in [5.41, 5.74) is 0.514. The number of amides is 1. The summed E-state index contributed by atoms with van der Waals surface area (Å²) in [7, 11) is -3.57. The van der Waals surface area contributed by atoms with Crippen molar-refractivity contribution in [2.75, 3.05) is 18.4 Å². The summed E-state index contributed by atoms with van der Waals surface area (Å²) in [4.78, 5) is 28.5. The quantitative estimate of drug-likeness (QED) is 0.641. The number of halogens is 1. The molecule has 1 aromatic carbocycles. The van der Waals surface area contributed by atoms with Crippen LogP contribution in [0, 0.1) is 0 Å². The Morgan fingerprint density at radius 3 is 2.66 bits per heavy atom. The van der Waals surface area contributed by atoms with E-state index in [4.69, 9.17) is 11.6 Å². The van der Waals surface area contributed by atoms with Crippen LogP contribution in [0.5, 0.6) is 0 Å². The van der Waals surface area contributed by atoms with Crippen LogP contribution in [0.25, 0.3) is 10.2 Å². The van der Waals surface area contributed by atoms with Crippen LogP contribution in [-0.2, 0) is 21.4 Å². The third-order valence-electron chi connectivity index (χ3n) is 4.64. The largest absolute Gasteiger partial charge is 0.309 e. The minimum Gasteiger partial charge on any atom is -0.309 e. The predicted molar refractivity (Wildman–Crippen MR) is 112 cm³/mol. The summed E-state index contributed by atoms with van der Waals surface area (Å²) in [6.07, 6.45) is 3.11. The van der Waals surface area contributed by atoms with Crippen molar-refractivity contribution in [3.05, 3.63) is 51.2 Å². The maximum absolute atomic E-state index is 12.7. The molecular formula is C18H17ClN4O4S2. The molecule has 1 aliphatic rings. The monoisotopic (exact) mass is 452 g/mol. The van der Waals surface area contributed by atoms with E-state index < -0.39 is 15.9 Å². The average molecular weight is 453 g/mol. The number of anilines is 1. The number of sulfonamides is 1. The van der Waals surface area contributed by atoms with Gasteiger partial charge in [0.25, 0.3) is 0 Å². The normalized spacial score (nSPS) is 15.1. The van der Waals surface area contributed by atoms with E-state index in [1.165, 1.54) is 27.2 Å². The lowest BCUT2D eigenvalue weighted by Crippen LogP contribution is -2.27. The second-order valence-electron chi connectivity index (χ2n) is 6.60. The van der Waals surface area contributed by atoms with Crippen LogP contribution >= 0.6 is 22.9 Å². The first kappa shape index (κ1) is 20.0. The number of aromatic nitrogens is 2. The van der Waals surface area contributed by atoms with E-state index in [9.17, 15) is 18.0 Å². The number of rotatable bonds is 5. The van der Waals surface area contributed by atoms with Gasteiger partial charge in [0, 0.05) is 19.3 Å². The molecule has 0 atom stereocenters. The second kappa shape index (κ2) is 7.86. The molecule has 0 aliphatic carbocycles. The molecule has 29 heavy (non-hydrogen) atoms. The fourth-order valence-electron chi connectivity index (χ4n) is 3.21. The third kappa shape index (κ3) is 4.06. The number of thiazole rings is 1. The topological polar surface area (TPSA) is 101 Å². The van der Waals surface area contributed by atoms with Gasteiger partial charge < -0.3 is 5.32 Å². The van der Waals surface area contributed by atoms with Gasteiger partial charge in [-0.25, -0.2) is 13.4 Å². The molecule has 3 heterocycles. The van der Waals surface area contributed by atoms with Crippen molar-refractivity contribution in [3.8, 4) is 0 Å². The third-order valence-corrected chi connectivity index (χ3v) is 7.70. The highest BCUT2D eigenvalue weighted by Crippen LogP contribution is 2.26. The molecule has 0 saturated carbocycles. The van der Waals surface area contributed by atoms with E-state index in [0.29, 0.717) is 34.1 Å². The van der Waals surface area contributed by atoms with Gasteiger partial charge in [-0.1, -0.05) is 22.9 Å². The number of benzene rings is 1. The van der Waals surface area contributed by atoms with Crippen LogP contribution in [0.2, 0.25) is 5.02 Å². The Bertz CT molecular complexity index is 1230. The van der Waals surface area contributed by atoms with Crippen LogP contribution < -0.4 is 10.2 Å². The summed E-state index contributed by atoms with van der Waals surface area (Å²) < 4.78 is 28.8. The molecule has 0 unspecified atom stereocenters. The Balaban J connectivity index is 1.59. The van der Waals surface area contributed by atoms with Gasteiger partial charge in [-0.3, -0.25) is 14.2 Å². The summed E-state index contributed by atoms with van der Waals surface area (Å²) in [6.45, 7) is 0.814. The summed E-state index contributed by atoms with van der Waals surface area (Å²) in [5.74, 6) is -0.0960. The SMILES string of the molecule is O=C(Cn1c(=O)sc2cc(S(=O)(=O)N3CCCC3)ccc21)Nc1ccc(Cl)cn1. The highest BCUT2D eigenvalue weighted by molar-refractivity contribution is 7.89. The van der Waals surface area contributed by atoms with Gasteiger partial charge in [0.2, 0.25) is 15.9 Å². The average Bonchev–Trinajstić information content (AvgIpc) is 3.32. The van der Waals surface area contributed by atoms with Gasteiger partial charge in [0.15, 0.2) is 0 Å². The van der Waals surface area contributed by atoms with Crippen molar-refractivity contribution in [2.24, 2.45) is 0 Å². The standard InChI is InChI=1S/C18H17ClN4O4S2/c19-12-3-6-16(20-10-12)21-17(24)11-23-14-5-4-13(9-15(14)28-18(23)25)29(26,27)22-7-1-2-8-22/h3-6,9-10H,1-2,7-8,11H2,(H,20,21,24). The summed E-state index contributed by atoms with van der Waals surface area (Å²) >= 11 is 6.68. The number of pyridine rings is 1.